The van der Waals surface area contributed by atoms with Crippen molar-refractivity contribution in [2.45, 2.75) is 13.8 Å². The van der Waals surface area contributed by atoms with Crippen molar-refractivity contribution < 1.29 is 23.7 Å². The van der Waals surface area contributed by atoms with Crippen molar-refractivity contribution in [1.82, 2.24) is 0 Å². The highest BCUT2D eigenvalue weighted by Gasteiger charge is 2.24. The minimum Gasteiger partial charge on any atom is -0.490 e. The molecule has 1 heterocycles. The number of aliphatic imine (C=N–C) groups is 1. The molecule has 0 saturated heterocycles. The number of para-hydroxylation sites is 1. The van der Waals surface area contributed by atoms with Gasteiger partial charge in [0.25, 0.3) is 0 Å². The molecule has 3 aromatic rings. The van der Waals surface area contributed by atoms with Crippen molar-refractivity contribution in [2.75, 3.05) is 19.8 Å². The number of cyclic esters (lactones) is 1. The number of carbonyl (C=O) groups excluding carboxylic acids is 1. The number of aryl methyl sites for hydroxylation is 1. The van der Waals surface area contributed by atoms with Crippen LogP contribution in [-0.2, 0) is 9.53 Å². The number of nitrogens with zero attached hydrogens (tertiary/aromatic N) is 1. The van der Waals surface area contributed by atoms with E-state index in [4.69, 9.17) is 18.9 Å². The molecule has 33 heavy (non-hydrogen) atoms. The SMILES string of the molecule is CCOc1cc(/C=C2/N=C(c3ccccc3)OC2=O)ccc1OCCOc1ccccc1C. The third kappa shape index (κ3) is 5.60. The first-order valence-corrected chi connectivity index (χ1v) is 10.8. The summed E-state index contributed by atoms with van der Waals surface area (Å²) in [6, 6.07) is 22.6. The molecular formula is C27H25NO5. The van der Waals surface area contributed by atoms with E-state index in [-0.39, 0.29) is 5.70 Å². The normalized spacial score (nSPS) is 14.1. The second kappa shape index (κ2) is 10.5. The van der Waals surface area contributed by atoms with Crippen LogP contribution in [0.5, 0.6) is 17.2 Å². The van der Waals surface area contributed by atoms with Crippen molar-refractivity contribution in [3.63, 3.8) is 0 Å². The molecule has 6 nitrogen and oxygen atoms in total. The van der Waals surface area contributed by atoms with Gasteiger partial charge in [0, 0.05) is 5.56 Å². The van der Waals surface area contributed by atoms with Crippen LogP contribution in [0.3, 0.4) is 0 Å². The summed E-state index contributed by atoms with van der Waals surface area (Å²) in [7, 11) is 0. The zero-order chi connectivity index (χ0) is 23.0. The molecule has 0 unspecified atom stereocenters. The van der Waals surface area contributed by atoms with Crippen LogP contribution in [0.1, 0.15) is 23.6 Å². The Bertz CT molecular complexity index is 1180. The number of esters is 1. The zero-order valence-electron chi connectivity index (χ0n) is 18.6. The fourth-order valence-electron chi connectivity index (χ4n) is 3.29. The monoisotopic (exact) mass is 443 g/mol. The third-order valence-electron chi connectivity index (χ3n) is 4.90. The summed E-state index contributed by atoms with van der Waals surface area (Å²) in [5, 5.41) is 0. The van der Waals surface area contributed by atoms with Crippen LogP contribution in [0.25, 0.3) is 6.08 Å². The number of rotatable bonds is 9. The van der Waals surface area contributed by atoms with Gasteiger partial charge in [-0.25, -0.2) is 9.79 Å². The second-order valence-electron chi connectivity index (χ2n) is 7.30. The number of ether oxygens (including phenoxy) is 4. The Balaban J connectivity index is 1.45. The zero-order valence-corrected chi connectivity index (χ0v) is 18.6. The van der Waals surface area contributed by atoms with Crippen molar-refractivity contribution in [2.24, 2.45) is 4.99 Å². The fourth-order valence-corrected chi connectivity index (χ4v) is 3.29. The Labute approximate surface area is 193 Å². The van der Waals surface area contributed by atoms with Gasteiger partial charge in [-0.15, -0.1) is 0 Å². The van der Waals surface area contributed by atoms with Crippen LogP contribution in [0.4, 0.5) is 0 Å². The topological polar surface area (TPSA) is 66.4 Å². The van der Waals surface area contributed by atoms with Gasteiger partial charge in [-0.05, 0) is 61.4 Å². The van der Waals surface area contributed by atoms with E-state index in [2.05, 4.69) is 4.99 Å². The largest absolute Gasteiger partial charge is 0.490 e. The number of benzene rings is 3. The summed E-state index contributed by atoms with van der Waals surface area (Å²) in [6.45, 7) is 5.16. The van der Waals surface area contributed by atoms with E-state index in [1.165, 1.54) is 0 Å². The molecule has 0 N–H and O–H groups in total. The minimum atomic E-state index is -0.486. The van der Waals surface area contributed by atoms with Gasteiger partial charge in [0.05, 0.1) is 6.61 Å². The lowest BCUT2D eigenvalue weighted by molar-refractivity contribution is -0.129. The first-order valence-electron chi connectivity index (χ1n) is 10.8. The Hall–Kier alpha value is -4.06. The predicted octanol–water partition coefficient (Wildman–Crippen LogP) is 5.20. The molecule has 1 aliphatic rings. The molecule has 0 amide bonds. The van der Waals surface area contributed by atoms with E-state index in [1.807, 2.05) is 86.6 Å². The molecule has 0 aliphatic carbocycles. The highest BCUT2D eigenvalue weighted by atomic mass is 16.6. The maximum absolute atomic E-state index is 12.3. The van der Waals surface area contributed by atoms with Crippen molar-refractivity contribution >= 4 is 17.9 Å². The molecule has 0 radical (unpaired) electrons. The smallest absolute Gasteiger partial charge is 0.363 e. The molecule has 0 bridgehead atoms. The molecule has 1 aliphatic heterocycles. The Morgan fingerprint density at radius 3 is 2.33 bits per heavy atom. The standard InChI is InChI=1S/C27H25NO5/c1-3-30-25-18-20(17-22-27(29)33-26(28-22)21-10-5-4-6-11-21)13-14-24(25)32-16-15-31-23-12-8-7-9-19(23)2/h4-14,17-18H,3,15-16H2,1-2H3/b22-17+. The highest BCUT2D eigenvalue weighted by Crippen LogP contribution is 2.30. The number of hydrogen-bond acceptors (Lipinski definition) is 6. The molecule has 4 rings (SSSR count). The second-order valence-corrected chi connectivity index (χ2v) is 7.30. The quantitative estimate of drug-likeness (QED) is 0.258. The maximum Gasteiger partial charge on any atom is 0.363 e. The van der Waals surface area contributed by atoms with Gasteiger partial charge in [-0.1, -0.05) is 42.5 Å². The molecule has 0 saturated carbocycles. The lowest BCUT2D eigenvalue weighted by Crippen LogP contribution is -2.10. The summed E-state index contributed by atoms with van der Waals surface area (Å²) in [4.78, 5) is 16.6. The minimum absolute atomic E-state index is 0.233. The van der Waals surface area contributed by atoms with E-state index in [0.717, 1.165) is 22.4 Å². The summed E-state index contributed by atoms with van der Waals surface area (Å²) in [5.74, 6) is 1.84. The predicted molar refractivity (Wildman–Crippen MR) is 127 cm³/mol. The van der Waals surface area contributed by atoms with E-state index in [1.54, 1.807) is 6.08 Å². The van der Waals surface area contributed by atoms with Gasteiger partial charge in [-0.2, -0.15) is 0 Å². The van der Waals surface area contributed by atoms with Crippen LogP contribution in [0, 0.1) is 6.92 Å². The van der Waals surface area contributed by atoms with E-state index in [0.29, 0.717) is 37.2 Å². The van der Waals surface area contributed by atoms with Crippen LogP contribution >= 0.6 is 0 Å². The van der Waals surface area contributed by atoms with Gasteiger partial charge in [0.2, 0.25) is 5.90 Å². The highest BCUT2D eigenvalue weighted by molar-refractivity contribution is 6.12. The lowest BCUT2D eigenvalue weighted by Gasteiger charge is -2.14. The molecule has 0 aromatic heterocycles. The van der Waals surface area contributed by atoms with Gasteiger partial charge < -0.3 is 18.9 Å². The number of carbonyl (C=O) groups is 1. The first kappa shape index (κ1) is 22.1. The molecule has 6 heteroatoms. The molecule has 168 valence electrons. The number of hydrogen-bond donors (Lipinski definition) is 0. The Kier molecular flexibility index (Phi) is 7.05. The van der Waals surface area contributed by atoms with Crippen LogP contribution in [-0.4, -0.2) is 31.7 Å². The fraction of sp³-hybridized carbons (Fsp3) is 0.185. The average Bonchev–Trinajstić information content (AvgIpc) is 3.20. The summed E-state index contributed by atoms with van der Waals surface area (Å²) in [5.41, 5.74) is 2.82. The van der Waals surface area contributed by atoms with E-state index >= 15 is 0 Å². The van der Waals surface area contributed by atoms with Crippen LogP contribution in [0.15, 0.2) is 83.5 Å². The van der Waals surface area contributed by atoms with Crippen molar-refractivity contribution in [3.05, 3.63) is 95.2 Å². The summed E-state index contributed by atoms with van der Waals surface area (Å²) in [6.07, 6.45) is 1.67. The lowest BCUT2D eigenvalue weighted by atomic mass is 10.1. The Morgan fingerprint density at radius 1 is 0.848 bits per heavy atom. The van der Waals surface area contributed by atoms with Crippen LogP contribution < -0.4 is 14.2 Å². The first-order chi connectivity index (χ1) is 16.1. The molecule has 3 aromatic carbocycles. The molecule has 0 atom stereocenters. The summed E-state index contributed by atoms with van der Waals surface area (Å²) < 4.78 is 22.7. The van der Waals surface area contributed by atoms with Crippen LogP contribution in [0.2, 0.25) is 0 Å². The average molecular weight is 443 g/mol. The third-order valence-corrected chi connectivity index (χ3v) is 4.90. The van der Waals surface area contributed by atoms with E-state index < -0.39 is 5.97 Å². The van der Waals surface area contributed by atoms with Crippen molar-refractivity contribution in [1.29, 1.82) is 0 Å². The van der Waals surface area contributed by atoms with E-state index in [9.17, 15) is 4.79 Å². The molecule has 0 fully saturated rings. The summed E-state index contributed by atoms with van der Waals surface area (Å²) >= 11 is 0. The molecular weight excluding hydrogens is 418 g/mol. The Morgan fingerprint density at radius 2 is 1.58 bits per heavy atom. The van der Waals surface area contributed by atoms with Gasteiger partial charge in [0.15, 0.2) is 17.2 Å². The molecule has 0 spiro atoms. The maximum atomic E-state index is 12.3. The van der Waals surface area contributed by atoms with Crippen molar-refractivity contribution in [3.8, 4) is 17.2 Å². The van der Waals surface area contributed by atoms with Gasteiger partial charge >= 0.3 is 5.97 Å². The van der Waals surface area contributed by atoms with Gasteiger partial charge in [-0.3, -0.25) is 0 Å². The van der Waals surface area contributed by atoms with Gasteiger partial charge in [0.1, 0.15) is 19.0 Å².